The predicted octanol–water partition coefficient (Wildman–Crippen LogP) is 2.72. The first kappa shape index (κ1) is 18.4. The molecule has 0 atom stereocenters. The van der Waals surface area contributed by atoms with E-state index in [0.29, 0.717) is 16.8 Å². The molecular formula is C19H14N2O5. The summed E-state index contributed by atoms with van der Waals surface area (Å²) in [5.41, 5.74) is 1.22. The molecule has 1 amide bonds. The van der Waals surface area contributed by atoms with Crippen molar-refractivity contribution in [2.24, 2.45) is 0 Å². The highest BCUT2D eigenvalue weighted by Crippen LogP contribution is 2.14. The molecule has 0 saturated heterocycles. The van der Waals surface area contributed by atoms with Crippen molar-refractivity contribution in [3.63, 3.8) is 0 Å². The molecule has 130 valence electrons. The standard InChI is InChI=1S/C19H14N2O5/c1-26-19(25)14-4-2-12(3-5-14)10-15(11-20)17(22)21-16-8-6-13(7-9-16)18(23)24/h2-10H,1H3,(H,21,22)(H,23,24)/b15-10+. The number of nitriles is 1. The van der Waals surface area contributed by atoms with Crippen LogP contribution in [0.5, 0.6) is 0 Å². The van der Waals surface area contributed by atoms with Crippen LogP contribution in [0.1, 0.15) is 26.3 Å². The first-order valence-electron chi connectivity index (χ1n) is 7.39. The van der Waals surface area contributed by atoms with Crippen LogP contribution >= 0.6 is 0 Å². The molecule has 7 heteroatoms. The van der Waals surface area contributed by atoms with E-state index >= 15 is 0 Å². The topological polar surface area (TPSA) is 116 Å². The second-order valence-electron chi connectivity index (χ2n) is 5.12. The van der Waals surface area contributed by atoms with Crippen LogP contribution in [-0.4, -0.2) is 30.1 Å². The average molecular weight is 350 g/mol. The molecule has 7 nitrogen and oxygen atoms in total. The normalized spacial score (nSPS) is 10.5. The van der Waals surface area contributed by atoms with Crippen molar-refractivity contribution in [1.29, 1.82) is 5.26 Å². The summed E-state index contributed by atoms with van der Waals surface area (Å²) in [7, 11) is 1.28. The van der Waals surface area contributed by atoms with Crippen LogP contribution in [-0.2, 0) is 9.53 Å². The molecule has 0 heterocycles. The molecule has 0 unspecified atom stereocenters. The van der Waals surface area contributed by atoms with Gasteiger partial charge in [-0.2, -0.15) is 5.26 Å². The van der Waals surface area contributed by atoms with E-state index in [0.717, 1.165) is 0 Å². The molecule has 0 spiro atoms. The van der Waals surface area contributed by atoms with Crippen molar-refractivity contribution in [3.8, 4) is 6.07 Å². The summed E-state index contributed by atoms with van der Waals surface area (Å²) in [6.45, 7) is 0. The fraction of sp³-hybridized carbons (Fsp3) is 0.0526. The number of carboxylic acids is 1. The van der Waals surface area contributed by atoms with E-state index in [4.69, 9.17) is 5.11 Å². The van der Waals surface area contributed by atoms with E-state index in [1.165, 1.54) is 49.6 Å². The van der Waals surface area contributed by atoms with E-state index in [1.807, 2.05) is 6.07 Å². The molecule has 0 radical (unpaired) electrons. The average Bonchev–Trinajstić information content (AvgIpc) is 2.66. The van der Waals surface area contributed by atoms with Gasteiger partial charge in [0.05, 0.1) is 18.2 Å². The van der Waals surface area contributed by atoms with Gasteiger partial charge in [0.15, 0.2) is 0 Å². The zero-order valence-corrected chi connectivity index (χ0v) is 13.7. The summed E-state index contributed by atoms with van der Waals surface area (Å²) in [5.74, 6) is -2.19. The lowest BCUT2D eigenvalue weighted by Gasteiger charge is -2.05. The fourth-order valence-corrected chi connectivity index (χ4v) is 2.04. The largest absolute Gasteiger partial charge is 0.478 e. The van der Waals surface area contributed by atoms with Gasteiger partial charge in [0.25, 0.3) is 5.91 Å². The highest BCUT2D eigenvalue weighted by Gasteiger charge is 2.11. The van der Waals surface area contributed by atoms with Gasteiger partial charge in [-0.15, -0.1) is 0 Å². The lowest BCUT2D eigenvalue weighted by Crippen LogP contribution is -2.13. The lowest BCUT2D eigenvalue weighted by atomic mass is 10.1. The molecule has 0 fully saturated rings. The molecule has 2 N–H and O–H groups in total. The molecule has 0 bridgehead atoms. The maximum Gasteiger partial charge on any atom is 0.337 e. The first-order chi connectivity index (χ1) is 12.4. The van der Waals surface area contributed by atoms with Gasteiger partial charge in [0.2, 0.25) is 0 Å². The van der Waals surface area contributed by atoms with Crippen molar-refractivity contribution < 1.29 is 24.2 Å². The molecule has 0 saturated carbocycles. The number of aromatic carboxylic acids is 1. The number of hydrogen-bond donors (Lipinski definition) is 2. The fourth-order valence-electron chi connectivity index (χ4n) is 2.04. The van der Waals surface area contributed by atoms with Gasteiger partial charge in [0.1, 0.15) is 11.6 Å². The molecule has 0 aromatic heterocycles. The second kappa shape index (κ2) is 8.26. The summed E-state index contributed by atoms with van der Waals surface area (Å²) in [6.07, 6.45) is 1.38. The molecule has 2 rings (SSSR count). The Morgan fingerprint density at radius 3 is 2.12 bits per heavy atom. The zero-order valence-electron chi connectivity index (χ0n) is 13.7. The van der Waals surface area contributed by atoms with Gasteiger partial charge in [-0.05, 0) is 48.0 Å². The third kappa shape index (κ3) is 4.55. The first-order valence-corrected chi connectivity index (χ1v) is 7.39. The molecular weight excluding hydrogens is 336 g/mol. The molecule has 0 aliphatic rings. The quantitative estimate of drug-likeness (QED) is 0.486. The minimum absolute atomic E-state index is 0.0877. The summed E-state index contributed by atoms with van der Waals surface area (Å²) < 4.78 is 4.60. The van der Waals surface area contributed by atoms with Crippen molar-refractivity contribution >= 4 is 29.6 Å². The highest BCUT2D eigenvalue weighted by atomic mass is 16.5. The van der Waals surface area contributed by atoms with Crippen LogP contribution in [0.25, 0.3) is 6.08 Å². The number of carbonyl (C=O) groups excluding carboxylic acids is 2. The van der Waals surface area contributed by atoms with Crippen LogP contribution < -0.4 is 5.32 Å². The maximum absolute atomic E-state index is 12.2. The number of methoxy groups -OCH3 is 1. The Balaban J connectivity index is 2.15. The van der Waals surface area contributed by atoms with Gasteiger partial charge < -0.3 is 15.2 Å². The Morgan fingerprint density at radius 1 is 1.04 bits per heavy atom. The van der Waals surface area contributed by atoms with E-state index < -0.39 is 17.8 Å². The second-order valence-corrected chi connectivity index (χ2v) is 5.12. The predicted molar refractivity (Wildman–Crippen MR) is 93.4 cm³/mol. The van der Waals surface area contributed by atoms with E-state index in [1.54, 1.807) is 12.1 Å². The van der Waals surface area contributed by atoms with Gasteiger partial charge >= 0.3 is 11.9 Å². The number of anilines is 1. The number of esters is 1. The third-order valence-electron chi connectivity index (χ3n) is 3.40. The number of carboxylic acid groups (broad SMARTS) is 1. The Bertz CT molecular complexity index is 906. The number of nitrogens with zero attached hydrogens (tertiary/aromatic N) is 1. The number of benzene rings is 2. The van der Waals surface area contributed by atoms with Gasteiger partial charge in [-0.25, -0.2) is 9.59 Å². The van der Waals surface area contributed by atoms with Crippen molar-refractivity contribution in [2.45, 2.75) is 0 Å². The van der Waals surface area contributed by atoms with Crippen molar-refractivity contribution in [2.75, 3.05) is 12.4 Å². The van der Waals surface area contributed by atoms with Crippen LogP contribution in [0.15, 0.2) is 54.1 Å². The van der Waals surface area contributed by atoms with Crippen LogP contribution in [0, 0.1) is 11.3 Å². The minimum Gasteiger partial charge on any atom is -0.478 e. The summed E-state index contributed by atoms with van der Waals surface area (Å²) in [4.78, 5) is 34.4. The molecule has 0 aliphatic heterocycles. The lowest BCUT2D eigenvalue weighted by molar-refractivity contribution is -0.112. The van der Waals surface area contributed by atoms with Crippen LogP contribution in [0.4, 0.5) is 5.69 Å². The number of rotatable bonds is 5. The molecule has 0 aliphatic carbocycles. The Kier molecular flexibility index (Phi) is 5.85. The molecule has 2 aromatic rings. The van der Waals surface area contributed by atoms with Crippen molar-refractivity contribution in [3.05, 3.63) is 70.8 Å². The number of nitrogens with one attached hydrogen (secondary N) is 1. The number of carbonyl (C=O) groups is 3. The van der Waals surface area contributed by atoms with Crippen LogP contribution in [0.2, 0.25) is 0 Å². The van der Waals surface area contributed by atoms with E-state index in [-0.39, 0.29) is 11.1 Å². The van der Waals surface area contributed by atoms with Gasteiger partial charge in [-0.1, -0.05) is 12.1 Å². The number of amides is 1. The molecule has 2 aromatic carbocycles. The maximum atomic E-state index is 12.2. The zero-order chi connectivity index (χ0) is 19.1. The SMILES string of the molecule is COC(=O)c1ccc(/C=C(\C#N)C(=O)Nc2ccc(C(=O)O)cc2)cc1. The van der Waals surface area contributed by atoms with E-state index in [2.05, 4.69) is 10.1 Å². The highest BCUT2D eigenvalue weighted by molar-refractivity contribution is 6.09. The molecule has 26 heavy (non-hydrogen) atoms. The third-order valence-corrected chi connectivity index (χ3v) is 3.40. The summed E-state index contributed by atoms with van der Waals surface area (Å²) in [5, 5.41) is 20.6. The monoisotopic (exact) mass is 350 g/mol. The Hall–Kier alpha value is -3.92. The minimum atomic E-state index is -1.07. The Labute approximate surface area is 149 Å². The summed E-state index contributed by atoms with van der Waals surface area (Å²) >= 11 is 0. The van der Waals surface area contributed by atoms with Gasteiger partial charge in [-0.3, -0.25) is 4.79 Å². The number of ether oxygens (including phenoxy) is 1. The van der Waals surface area contributed by atoms with Gasteiger partial charge in [0, 0.05) is 5.69 Å². The van der Waals surface area contributed by atoms with Crippen LogP contribution in [0.3, 0.4) is 0 Å². The number of hydrogen-bond acceptors (Lipinski definition) is 5. The summed E-state index contributed by atoms with van der Waals surface area (Å²) in [6, 6.07) is 13.6. The Morgan fingerprint density at radius 2 is 1.62 bits per heavy atom. The van der Waals surface area contributed by atoms with E-state index in [9.17, 15) is 19.6 Å². The smallest absolute Gasteiger partial charge is 0.337 e. The van der Waals surface area contributed by atoms with Crippen molar-refractivity contribution in [1.82, 2.24) is 0 Å².